The number of hydrogen-bond acceptors (Lipinski definition) is 5. The molecule has 1 N–H and O–H groups in total. The minimum Gasteiger partial charge on any atom is -0.444 e. The van der Waals surface area contributed by atoms with Gasteiger partial charge in [-0.3, -0.25) is 9.63 Å². The van der Waals surface area contributed by atoms with Crippen LogP contribution in [0, 0.1) is 0 Å². The van der Waals surface area contributed by atoms with Crippen molar-refractivity contribution < 1.29 is 23.9 Å². The van der Waals surface area contributed by atoms with Crippen LogP contribution in [0.5, 0.6) is 0 Å². The lowest BCUT2D eigenvalue weighted by Gasteiger charge is -2.22. The number of nitrogens with one attached hydrogen (secondary N) is 1. The van der Waals surface area contributed by atoms with Gasteiger partial charge in [0.2, 0.25) is 0 Å². The lowest BCUT2D eigenvalue weighted by Crippen LogP contribution is -2.46. The number of hydroxylamine groups is 2. The van der Waals surface area contributed by atoms with Crippen LogP contribution in [0.2, 0.25) is 0 Å². The lowest BCUT2D eigenvalue weighted by atomic mass is 10.2. The molecule has 7 nitrogen and oxygen atoms in total. The SMILES string of the molecule is CC(C)(C)OC(=O)N[C@@H]1CON(C2CCOC2)C1=O. The van der Waals surface area contributed by atoms with E-state index in [1.165, 1.54) is 5.06 Å². The predicted molar refractivity (Wildman–Crippen MR) is 65.2 cm³/mol. The number of hydrogen-bond donors (Lipinski definition) is 1. The fourth-order valence-corrected chi connectivity index (χ4v) is 1.99. The van der Waals surface area contributed by atoms with Crippen molar-refractivity contribution in [2.45, 2.75) is 44.9 Å². The number of nitrogens with zero attached hydrogens (tertiary/aromatic N) is 1. The van der Waals surface area contributed by atoms with Gasteiger partial charge in [0.1, 0.15) is 18.2 Å². The first-order valence-corrected chi connectivity index (χ1v) is 6.40. The highest BCUT2D eigenvalue weighted by atomic mass is 16.7. The van der Waals surface area contributed by atoms with E-state index in [0.717, 1.165) is 6.42 Å². The second kappa shape index (κ2) is 5.34. The number of alkyl carbamates (subject to hydrolysis) is 1. The average Bonchev–Trinajstić information content (AvgIpc) is 2.87. The molecule has 2 aliphatic rings. The second-order valence-corrected chi connectivity index (χ2v) is 5.68. The van der Waals surface area contributed by atoms with Gasteiger partial charge in [-0.1, -0.05) is 0 Å². The summed E-state index contributed by atoms with van der Waals surface area (Å²) in [4.78, 5) is 29.0. The summed E-state index contributed by atoms with van der Waals surface area (Å²) in [6.45, 7) is 6.53. The molecule has 2 aliphatic heterocycles. The van der Waals surface area contributed by atoms with E-state index in [1.807, 2.05) is 0 Å². The molecule has 0 aromatic heterocycles. The van der Waals surface area contributed by atoms with Gasteiger partial charge in [0.15, 0.2) is 0 Å². The van der Waals surface area contributed by atoms with Crippen molar-refractivity contribution in [2.75, 3.05) is 19.8 Å². The van der Waals surface area contributed by atoms with E-state index < -0.39 is 17.7 Å². The molecule has 0 aromatic carbocycles. The van der Waals surface area contributed by atoms with Crippen LogP contribution in [0.4, 0.5) is 4.79 Å². The molecule has 2 saturated heterocycles. The van der Waals surface area contributed by atoms with Gasteiger partial charge >= 0.3 is 6.09 Å². The van der Waals surface area contributed by atoms with Crippen molar-refractivity contribution in [2.24, 2.45) is 0 Å². The maximum Gasteiger partial charge on any atom is 0.408 e. The van der Waals surface area contributed by atoms with Crippen LogP contribution in [0.1, 0.15) is 27.2 Å². The van der Waals surface area contributed by atoms with Crippen molar-refractivity contribution in [3.63, 3.8) is 0 Å². The summed E-state index contributed by atoms with van der Waals surface area (Å²) in [5.74, 6) is -0.249. The van der Waals surface area contributed by atoms with Crippen molar-refractivity contribution in [3.05, 3.63) is 0 Å². The van der Waals surface area contributed by atoms with E-state index >= 15 is 0 Å². The summed E-state index contributed by atoms with van der Waals surface area (Å²) < 4.78 is 10.3. The summed E-state index contributed by atoms with van der Waals surface area (Å²) in [5.41, 5.74) is -0.592. The molecule has 108 valence electrons. The molecule has 1 unspecified atom stereocenters. The Morgan fingerprint density at radius 3 is 2.74 bits per heavy atom. The number of carbonyl (C=O) groups excluding carboxylic acids is 2. The molecule has 2 fully saturated rings. The van der Waals surface area contributed by atoms with E-state index in [1.54, 1.807) is 20.8 Å². The smallest absolute Gasteiger partial charge is 0.408 e. The first-order chi connectivity index (χ1) is 8.87. The number of carbonyl (C=O) groups is 2. The molecule has 0 spiro atoms. The van der Waals surface area contributed by atoms with Crippen molar-refractivity contribution in [1.29, 1.82) is 0 Å². The zero-order valence-electron chi connectivity index (χ0n) is 11.5. The summed E-state index contributed by atoms with van der Waals surface area (Å²) in [6, 6.07) is -0.742. The van der Waals surface area contributed by atoms with Crippen LogP contribution in [-0.2, 0) is 19.1 Å². The zero-order valence-corrected chi connectivity index (χ0v) is 11.5. The Hall–Kier alpha value is -1.34. The van der Waals surface area contributed by atoms with E-state index in [-0.39, 0.29) is 18.6 Å². The van der Waals surface area contributed by atoms with Crippen LogP contribution in [0.25, 0.3) is 0 Å². The van der Waals surface area contributed by atoms with E-state index in [9.17, 15) is 9.59 Å². The van der Waals surface area contributed by atoms with Gasteiger partial charge in [-0.25, -0.2) is 9.86 Å². The molecule has 0 bridgehead atoms. The van der Waals surface area contributed by atoms with Gasteiger partial charge in [0, 0.05) is 6.61 Å². The Labute approximate surface area is 112 Å². The molecular formula is C12H20N2O5. The Balaban J connectivity index is 1.86. The van der Waals surface area contributed by atoms with Crippen molar-refractivity contribution in [3.8, 4) is 0 Å². The summed E-state index contributed by atoms with van der Waals surface area (Å²) >= 11 is 0. The molecule has 0 aromatic rings. The fourth-order valence-electron chi connectivity index (χ4n) is 1.99. The van der Waals surface area contributed by atoms with E-state index in [2.05, 4.69) is 5.32 Å². The average molecular weight is 272 g/mol. The predicted octanol–water partition coefficient (Wildman–Crippen LogP) is 0.442. The molecule has 0 radical (unpaired) electrons. The number of ether oxygens (including phenoxy) is 2. The maximum atomic E-state index is 12.1. The second-order valence-electron chi connectivity index (χ2n) is 5.68. The largest absolute Gasteiger partial charge is 0.444 e. The Bertz CT molecular complexity index is 360. The minimum atomic E-state index is -0.685. The van der Waals surface area contributed by atoms with Crippen LogP contribution in [-0.4, -0.2) is 54.6 Å². The number of rotatable bonds is 2. The van der Waals surface area contributed by atoms with Gasteiger partial charge < -0.3 is 14.8 Å². The zero-order chi connectivity index (χ0) is 14.0. The van der Waals surface area contributed by atoms with Gasteiger partial charge in [0.25, 0.3) is 5.91 Å². The molecule has 2 amide bonds. The summed E-state index contributed by atoms with van der Waals surface area (Å²) in [6.07, 6.45) is 0.143. The molecule has 2 heterocycles. The molecule has 2 atom stereocenters. The number of amides is 2. The monoisotopic (exact) mass is 272 g/mol. The van der Waals surface area contributed by atoms with Crippen molar-refractivity contribution >= 4 is 12.0 Å². The molecule has 0 aliphatic carbocycles. The highest BCUT2D eigenvalue weighted by Gasteiger charge is 2.40. The van der Waals surface area contributed by atoms with Crippen LogP contribution in [0.3, 0.4) is 0 Å². The Morgan fingerprint density at radius 1 is 1.42 bits per heavy atom. The van der Waals surface area contributed by atoms with Crippen LogP contribution in [0.15, 0.2) is 0 Å². The minimum absolute atomic E-state index is 0.0575. The first-order valence-electron chi connectivity index (χ1n) is 6.40. The lowest BCUT2D eigenvalue weighted by molar-refractivity contribution is -0.173. The Kier molecular flexibility index (Phi) is 3.96. The molecular weight excluding hydrogens is 252 g/mol. The van der Waals surface area contributed by atoms with Crippen LogP contribution >= 0.6 is 0 Å². The van der Waals surface area contributed by atoms with Gasteiger partial charge in [-0.2, -0.15) is 0 Å². The summed E-state index contributed by atoms with van der Waals surface area (Å²) in [7, 11) is 0. The molecule has 19 heavy (non-hydrogen) atoms. The molecule has 7 heteroatoms. The highest BCUT2D eigenvalue weighted by molar-refractivity contribution is 5.86. The standard InChI is InChI=1S/C12H20N2O5/c1-12(2,3)19-11(16)13-9-7-18-14(10(9)15)8-4-5-17-6-8/h8-9H,4-7H2,1-3H3,(H,13,16)/t8?,9-/m1/s1. The Morgan fingerprint density at radius 2 is 2.16 bits per heavy atom. The van der Waals surface area contributed by atoms with Gasteiger partial charge in [-0.05, 0) is 27.2 Å². The topological polar surface area (TPSA) is 77.1 Å². The third kappa shape index (κ3) is 3.57. The van der Waals surface area contributed by atoms with Crippen LogP contribution < -0.4 is 5.32 Å². The third-order valence-electron chi connectivity index (χ3n) is 2.82. The quantitative estimate of drug-likeness (QED) is 0.789. The first kappa shape index (κ1) is 14.1. The van der Waals surface area contributed by atoms with E-state index in [0.29, 0.717) is 13.2 Å². The molecule has 0 saturated carbocycles. The highest BCUT2D eigenvalue weighted by Crippen LogP contribution is 2.19. The summed E-state index contributed by atoms with van der Waals surface area (Å²) in [5, 5.41) is 3.83. The maximum absolute atomic E-state index is 12.1. The fraction of sp³-hybridized carbons (Fsp3) is 0.833. The normalized spacial score (nSPS) is 27.7. The van der Waals surface area contributed by atoms with Crippen molar-refractivity contribution in [1.82, 2.24) is 10.4 Å². The third-order valence-corrected chi connectivity index (χ3v) is 2.82. The van der Waals surface area contributed by atoms with Gasteiger partial charge in [0.05, 0.1) is 12.6 Å². The molecule has 2 rings (SSSR count). The van der Waals surface area contributed by atoms with E-state index in [4.69, 9.17) is 14.3 Å². The van der Waals surface area contributed by atoms with Gasteiger partial charge in [-0.15, -0.1) is 0 Å².